The second kappa shape index (κ2) is 37.5. The average Bonchev–Trinajstić information content (AvgIpc) is 3.13. The van der Waals surface area contributed by atoms with Gasteiger partial charge in [0.1, 0.15) is 11.5 Å². The third kappa shape index (κ3) is 32.6. The van der Waals surface area contributed by atoms with Gasteiger partial charge in [-0.15, -0.1) is 0 Å². The zero-order valence-electron chi connectivity index (χ0n) is 34.1. The van der Waals surface area contributed by atoms with Crippen molar-refractivity contribution in [2.45, 2.75) is 207 Å². The van der Waals surface area contributed by atoms with Crippen LogP contribution in [0.25, 0.3) is 0 Å². The van der Waals surface area contributed by atoms with E-state index in [0.29, 0.717) is 25.0 Å². The fourth-order valence-corrected chi connectivity index (χ4v) is 6.59. The van der Waals surface area contributed by atoms with Crippen molar-refractivity contribution in [1.82, 2.24) is 0 Å². The number of ether oxygens (including phenoxy) is 4. The number of rotatable bonds is 40. The summed E-state index contributed by atoms with van der Waals surface area (Å²) in [7, 11) is 0. The summed E-state index contributed by atoms with van der Waals surface area (Å²) in [5.74, 6) is 2.46. The normalized spacial score (nSPS) is 12.7. The topological polar surface area (TPSA) is 36.9 Å². The lowest BCUT2D eigenvalue weighted by atomic mass is 10.0. The van der Waals surface area contributed by atoms with Crippen LogP contribution in [0.15, 0.2) is 24.3 Å². The Morgan fingerprint density at radius 2 is 0.660 bits per heavy atom. The Kier molecular flexibility index (Phi) is 35.1. The quantitative estimate of drug-likeness (QED) is 0.0638. The summed E-state index contributed by atoms with van der Waals surface area (Å²) < 4.78 is 24.1. The lowest BCUT2D eigenvalue weighted by Gasteiger charge is -2.16. The van der Waals surface area contributed by atoms with Gasteiger partial charge in [0.2, 0.25) is 0 Å². The van der Waals surface area contributed by atoms with Crippen LogP contribution in [0.5, 0.6) is 11.5 Å². The van der Waals surface area contributed by atoms with E-state index in [-0.39, 0.29) is 0 Å². The van der Waals surface area contributed by atoms with Crippen LogP contribution in [0.3, 0.4) is 0 Å². The molecule has 1 aromatic carbocycles. The monoisotopic (exact) mass is 703 g/mol. The second-order valence-corrected chi connectivity index (χ2v) is 15.6. The van der Waals surface area contributed by atoms with Crippen molar-refractivity contribution in [3.05, 3.63) is 24.3 Å². The minimum Gasteiger partial charge on any atom is -0.493 e. The van der Waals surface area contributed by atoms with Crippen molar-refractivity contribution in [2.75, 3.05) is 39.6 Å². The van der Waals surface area contributed by atoms with Crippen LogP contribution in [0.2, 0.25) is 0 Å². The first-order valence-corrected chi connectivity index (χ1v) is 22.2. The van der Waals surface area contributed by atoms with Crippen molar-refractivity contribution in [2.24, 2.45) is 11.8 Å². The van der Waals surface area contributed by atoms with Gasteiger partial charge in [0, 0.05) is 31.1 Å². The first-order chi connectivity index (χ1) is 24.7. The Morgan fingerprint density at radius 3 is 0.960 bits per heavy atom. The maximum atomic E-state index is 6.07. The molecule has 50 heavy (non-hydrogen) atoms. The highest BCUT2D eigenvalue weighted by Gasteiger charge is 2.07. The van der Waals surface area contributed by atoms with E-state index in [1.165, 1.54) is 180 Å². The van der Waals surface area contributed by atoms with E-state index in [1.807, 2.05) is 24.3 Å². The minimum atomic E-state index is 0.364. The molecular weight excluding hydrogens is 617 g/mol. The summed E-state index contributed by atoms with van der Waals surface area (Å²) in [5.41, 5.74) is 0. The molecule has 0 amide bonds. The summed E-state index contributed by atoms with van der Waals surface area (Å²) in [6.45, 7) is 13.6. The van der Waals surface area contributed by atoms with E-state index in [0.717, 1.165) is 37.9 Å². The Labute approximate surface area is 312 Å². The molecule has 0 saturated carbocycles. The van der Waals surface area contributed by atoms with E-state index >= 15 is 0 Å². The van der Waals surface area contributed by atoms with E-state index < -0.39 is 0 Å². The standard InChI is InChI=1S/C46H86O4/c1-5-7-9-11-13-15-17-19-21-23-25-27-29-31-36-47-39-43(3)41-49-45-34-33-35-46(38-45)50-42-44(4)40-48-37-32-30-28-26-24-22-20-18-16-14-12-10-8-6-2/h33-35,38,43-44H,5-32,36-37,39-42H2,1-4H3. The molecular formula is C46H86O4. The van der Waals surface area contributed by atoms with E-state index in [2.05, 4.69) is 27.7 Å². The van der Waals surface area contributed by atoms with Crippen LogP contribution in [0, 0.1) is 11.8 Å². The van der Waals surface area contributed by atoms with Crippen LogP contribution in [-0.4, -0.2) is 39.6 Å². The van der Waals surface area contributed by atoms with Gasteiger partial charge in [0.25, 0.3) is 0 Å². The van der Waals surface area contributed by atoms with E-state index in [9.17, 15) is 0 Å². The van der Waals surface area contributed by atoms with Gasteiger partial charge in [0.15, 0.2) is 0 Å². The van der Waals surface area contributed by atoms with Crippen molar-refractivity contribution in [3.8, 4) is 11.5 Å². The van der Waals surface area contributed by atoms with Gasteiger partial charge in [-0.3, -0.25) is 0 Å². The second-order valence-electron chi connectivity index (χ2n) is 15.6. The molecule has 0 aliphatic carbocycles. The molecule has 0 bridgehead atoms. The third-order valence-corrected chi connectivity index (χ3v) is 9.96. The smallest absolute Gasteiger partial charge is 0.123 e. The molecule has 0 aliphatic rings. The summed E-state index contributed by atoms with van der Waals surface area (Å²) >= 11 is 0. The van der Waals surface area contributed by atoms with Crippen LogP contribution >= 0.6 is 0 Å². The fraction of sp³-hybridized carbons (Fsp3) is 0.870. The molecule has 4 heteroatoms. The van der Waals surface area contributed by atoms with Crippen molar-refractivity contribution >= 4 is 0 Å². The van der Waals surface area contributed by atoms with Gasteiger partial charge in [0.05, 0.1) is 26.4 Å². The molecule has 0 N–H and O–H groups in total. The maximum absolute atomic E-state index is 6.07. The van der Waals surface area contributed by atoms with E-state index in [1.54, 1.807) is 0 Å². The van der Waals surface area contributed by atoms with Crippen molar-refractivity contribution in [3.63, 3.8) is 0 Å². The molecule has 0 heterocycles. The Morgan fingerprint density at radius 1 is 0.380 bits per heavy atom. The molecule has 1 aromatic rings. The van der Waals surface area contributed by atoms with Crippen molar-refractivity contribution in [1.29, 1.82) is 0 Å². The molecule has 1 rings (SSSR count). The zero-order valence-corrected chi connectivity index (χ0v) is 34.1. The number of hydrogen-bond acceptors (Lipinski definition) is 4. The maximum Gasteiger partial charge on any atom is 0.123 e. The molecule has 2 atom stereocenters. The highest BCUT2D eigenvalue weighted by molar-refractivity contribution is 5.32. The first-order valence-electron chi connectivity index (χ1n) is 22.2. The molecule has 0 saturated heterocycles. The molecule has 0 aliphatic heterocycles. The van der Waals surface area contributed by atoms with Crippen molar-refractivity contribution < 1.29 is 18.9 Å². The highest BCUT2D eigenvalue weighted by Crippen LogP contribution is 2.21. The molecule has 0 spiro atoms. The summed E-state index contributed by atoms with van der Waals surface area (Å²) in [6.07, 6.45) is 38.9. The summed E-state index contributed by atoms with van der Waals surface area (Å²) in [6, 6.07) is 8.04. The van der Waals surface area contributed by atoms with Gasteiger partial charge in [-0.25, -0.2) is 0 Å². The first kappa shape index (κ1) is 46.8. The molecule has 294 valence electrons. The van der Waals surface area contributed by atoms with E-state index in [4.69, 9.17) is 18.9 Å². The molecule has 4 nitrogen and oxygen atoms in total. The minimum absolute atomic E-state index is 0.364. The summed E-state index contributed by atoms with van der Waals surface area (Å²) in [5, 5.41) is 0. The largest absolute Gasteiger partial charge is 0.493 e. The number of hydrogen-bond donors (Lipinski definition) is 0. The zero-order chi connectivity index (χ0) is 36.0. The predicted octanol–water partition coefficient (Wildman–Crippen LogP) is 14.7. The Bertz CT molecular complexity index is 737. The van der Waals surface area contributed by atoms with Gasteiger partial charge in [-0.2, -0.15) is 0 Å². The van der Waals surface area contributed by atoms with Gasteiger partial charge in [-0.05, 0) is 25.0 Å². The van der Waals surface area contributed by atoms with Crippen LogP contribution in [-0.2, 0) is 9.47 Å². The highest BCUT2D eigenvalue weighted by atomic mass is 16.5. The fourth-order valence-electron chi connectivity index (χ4n) is 6.59. The number of unbranched alkanes of at least 4 members (excludes halogenated alkanes) is 26. The molecule has 0 radical (unpaired) electrons. The lowest BCUT2D eigenvalue weighted by Crippen LogP contribution is -2.16. The van der Waals surface area contributed by atoms with Gasteiger partial charge in [-0.1, -0.05) is 201 Å². The molecule has 2 unspecified atom stereocenters. The summed E-state index contributed by atoms with van der Waals surface area (Å²) in [4.78, 5) is 0. The number of benzene rings is 1. The molecule has 0 fully saturated rings. The predicted molar refractivity (Wildman–Crippen MR) is 218 cm³/mol. The lowest BCUT2D eigenvalue weighted by molar-refractivity contribution is 0.0809. The molecule has 0 aromatic heterocycles. The van der Waals surface area contributed by atoms with Gasteiger partial charge < -0.3 is 18.9 Å². The van der Waals surface area contributed by atoms with Crippen LogP contribution in [0.4, 0.5) is 0 Å². The Hall–Kier alpha value is -1.26. The van der Waals surface area contributed by atoms with Crippen LogP contribution in [0.1, 0.15) is 207 Å². The SMILES string of the molecule is CCCCCCCCCCCCCCCCOCC(C)COc1cccc(OCC(C)COCCCCCCCCCCCCCCCC)c1. The average molecular weight is 703 g/mol. The van der Waals surface area contributed by atoms with Crippen LogP contribution < -0.4 is 9.47 Å². The third-order valence-electron chi connectivity index (χ3n) is 9.96. The van der Waals surface area contributed by atoms with Gasteiger partial charge >= 0.3 is 0 Å². The Balaban J connectivity index is 1.92.